The van der Waals surface area contributed by atoms with Crippen LogP contribution < -0.4 is 10.6 Å². The number of rotatable bonds is 7. The van der Waals surface area contributed by atoms with E-state index in [2.05, 4.69) is 20.6 Å². The van der Waals surface area contributed by atoms with Crippen LogP contribution in [0.3, 0.4) is 0 Å². The number of likely N-dealkylation sites (tertiary alicyclic amines) is 1. The lowest BCUT2D eigenvalue weighted by Gasteiger charge is -2.33. The molecule has 4 aromatic rings. The van der Waals surface area contributed by atoms with Crippen LogP contribution in [0.25, 0.3) is 11.0 Å². The molecule has 1 fully saturated rings. The van der Waals surface area contributed by atoms with Crippen molar-refractivity contribution in [1.82, 2.24) is 18.8 Å². The number of anilines is 2. The van der Waals surface area contributed by atoms with E-state index in [0.29, 0.717) is 42.7 Å². The second-order valence-corrected chi connectivity index (χ2v) is 12.2. The summed E-state index contributed by atoms with van der Waals surface area (Å²) in [5.41, 5.74) is -2.41. The van der Waals surface area contributed by atoms with Crippen LogP contribution in [-0.2, 0) is 27.2 Å². The minimum Gasteiger partial charge on any atom is -0.376 e. The Morgan fingerprint density at radius 1 is 0.977 bits per heavy atom. The van der Waals surface area contributed by atoms with Gasteiger partial charge in [-0.05, 0) is 56.2 Å². The molecule has 2 aromatic heterocycles. The maximum Gasteiger partial charge on any atom is 0.416 e. The molecule has 9 nitrogen and oxygen atoms in total. The third-order valence-electron chi connectivity index (χ3n) is 7.17. The third kappa shape index (κ3) is 6.59. The predicted octanol–water partition coefficient (Wildman–Crippen LogP) is 5.53. The Morgan fingerprint density at radius 3 is 2.27 bits per heavy atom. The van der Waals surface area contributed by atoms with E-state index in [1.54, 1.807) is 18.2 Å². The second-order valence-electron chi connectivity index (χ2n) is 10.4. The summed E-state index contributed by atoms with van der Waals surface area (Å²) in [5, 5.41) is 6.05. The van der Waals surface area contributed by atoms with E-state index in [0.717, 1.165) is 9.54 Å². The van der Waals surface area contributed by atoms with Crippen LogP contribution in [0, 0.1) is 6.92 Å². The average Bonchev–Trinajstić information content (AvgIpc) is 3.41. The number of carbonyl (C=O) groups is 1. The fourth-order valence-electron chi connectivity index (χ4n) is 4.92. The summed E-state index contributed by atoms with van der Waals surface area (Å²) in [6.07, 6.45) is -6.25. The van der Waals surface area contributed by atoms with Gasteiger partial charge in [0.15, 0.2) is 5.65 Å². The Balaban J connectivity index is 1.28. The van der Waals surface area contributed by atoms with E-state index in [1.165, 1.54) is 29.6 Å². The zero-order chi connectivity index (χ0) is 31.9. The number of alkyl halides is 6. The molecule has 0 saturated carbocycles. The van der Waals surface area contributed by atoms with Gasteiger partial charge < -0.3 is 15.5 Å². The molecule has 16 heteroatoms. The zero-order valence-corrected chi connectivity index (χ0v) is 23.9. The first kappa shape index (κ1) is 31.1. The Kier molecular flexibility index (Phi) is 8.22. The van der Waals surface area contributed by atoms with Crippen molar-refractivity contribution < 1.29 is 39.6 Å². The number of amides is 1. The molecule has 2 N–H and O–H groups in total. The Bertz CT molecular complexity index is 1760. The summed E-state index contributed by atoms with van der Waals surface area (Å²) in [4.78, 5) is 22.9. The molecule has 1 atom stereocenters. The van der Waals surface area contributed by atoms with Crippen LogP contribution in [0.4, 0.5) is 37.8 Å². The van der Waals surface area contributed by atoms with Gasteiger partial charge in [-0.15, -0.1) is 0 Å². The van der Waals surface area contributed by atoms with Crippen LogP contribution >= 0.6 is 0 Å². The van der Waals surface area contributed by atoms with E-state index in [-0.39, 0.29) is 29.2 Å². The molecular weight excluding hydrogens is 614 g/mol. The summed E-state index contributed by atoms with van der Waals surface area (Å²) >= 11 is 0. The Labute approximate surface area is 248 Å². The van der Waals surface area contributed by atoms with E-state index >= 15 is 0 Å². The van der Waals surface area contributed by atoms with Gasteiger partial charge in [-0.3, -0.25) is 4.79 Å². The summed E-state index contributed by atoms with van der Waals surface area (Å²) in [5.74, 6) is -0.181. The number of nitrogens with one attached hydrogen (secondary N) is 2. The van der Waals surface area contributed by atoms with Crippen LogP contribution in [0.5, 0.6) is 0 Å². The van der Waals surface area contributed by atoms with Crippen LogP contribution in [0.2, 0.25) is 0 Å². The number of aryl methyl sites for hydroxylation is 1. The molecule has 0 aliphatic carbocycles. The SMILES string of the molecule is Cc1ccc(S(=O)(=O)n2ccc3c(NC4CCCN(C(=O)CNc5cc(C(F)(F)F)cc(C(F)(F)F)c5)C4)ncnc32)cc1. The topological polar surface area (TPSA) is 109 Å². The molecule has 1 aliphatic heterocycles. The quantitative estimate of drug-likeness (QED) is 0.256. The molecule has 1 unspecified atom stereocenters. The minimum atomic E-state index is -5.01. The zero-order valence-electron chi connectivity index (χ0n) is 23.1. The number of carbonyl (C=O) groups excluding carboxylic acids is 1. The number of aromatic nitrogens is 3. The highest BCUT2D eigenvalue weighted by Gasteiger charge is 2.37. The summed E-state index contributed by atoms with van der Waals surface area (Å²) in [7, 11) is -3.95. The van der Waals surface area contributed by atoms with Gasteiger partial charge in [-0.1, -0.05) is 17.7 Å². The predicted molar refractivity (Wildman–Crippen MR) is 149 cm³/mol. The van der Waals surface area contributed by atoms with Crippen molar-refractivity contribution in [1.29, 1.82) is 0 Å². The summed E-state index contributed by atoms with van der Waals surface area (Å²) in [6.45, 7) is 1.82. The fourth-order valence-corrected chi connectivity index (χ4v) is 6.22. The molecular formula is C28H26F6N6O3S. The van der Waals surface area contributed by atoms with Crippen molar-refractivity contribution in [3.63, 3.8) is 0 Å². The number of hydrogen-bond acceptors (Lipinski definition) is 7. The summed E-state index contributed by atoms with van der Waals surface area (Å²) in [6, 6.07) is 8.67. The van der Waals surface area contributed by atoms with Gasteiger partial charge in [-0.2, -0.15) is 26.3 Å². The lowest BCUT2D eigenvalue weighted by molar-refractivity contribution is -0.143. The number of fused-ring (bicyclic) bond motifs is 1. The van der Waals surface area contributed by atoms with Crippen LogP contribution in [0.1, 0.15) is 29.5 Å². The van der Waals surface area contributed by atoms with E-state index in [9.17, 15) is 39.6 Å². The molecule has 234 valence electrons. The van der Waals surface area contributed by atoms with Crippen molar-refractivity contribution in [3.05, 3.63) is 77.7 Å². The normalized spacial score (nSPS) is 16.2. The van der Waals surface area contributed by atoms with Crippen molar-refractivity contribution >= 4 is 38.5 Å². The smallest absolute Gasteiger partial charge is 0.376 e. The molecule has 0 radical (unpaired) electrons. The minimum absolute atomic E-state index is 0.0180. The highest BCUT2D eigenvalue weighted by molar-refractivity contribution is 7.90. The van der Waals surface area contributed by atoms with Crippen molar-refractivity contribution in [2.24, 2.45) is 0 Å². The van der Waals surface area contributed by atoms with Gasteiger partial charge in [0.1, 0.15) is 12.1 Å². The Morgan fingerprint density at radius 2 is 1.64 bits per heavy atom. The molecule has 1 aliphatic rings. The molecule has 0 spiro atoms. The first-order valence-electron chi connectivity index (χ1n) is 13.3. The molecule has 44 heavy (non-hydrogen) atoms. The lowest BCUT2D eigenvalue weighted by atomic mass is 10.1. The standard InChI is InChI=1S/C28H26F6N6O3S/c1-17-4-6-22(7-5-17)44(42,43)40-10-8-23-25(36-16-37-26(23)40)38-20-3-2-9-39(15-20)24(41)14-35-21-12-18(27(29,30)31)11-19(13-21)28(32,33)34/h4-8,10-13,16,20,35H,2-3,9,14-15H2,1H3,(H,36,37,38). The van der Waals surface area contributed by atoms with Crippen molar-refractivity contribution in [3.8, 4) is 0 Å². The van der Waals surface area contributed by atoms with Gasteiger partial charge in [0.05, 0.1) is 28.0 Å². The van der Waals surface area contributed by atoms with Crippen molar-refractivity contribution in [2.45, 2.75) is 43.1 Å². The lowest BCUT2D eigenvalue weighted by Crippen LogP contribution is -2.47. The molecule has 1 saturated heterocycles. The summed E-state index contributed by atoms with van der Waals surface area (Å²) < 4.78 is 107. The average molecular weight is 641 g/mol. The third-order valence-corrected chi connectivity index (χ3v) is 8.85. The molecule has 1 amide bonds. The van der Waals surface area contributed by atoms with Crippen LogP contribution in [-0.4, -0.2) is 58.8 Å². The van der Waals surface area contributed by atoms with E-state index in [4.69, 9.17) is 0 Å². The van der Waals surface area contributed by atoms with Crippen molar-refractivity contribution in [2.75, 3.05) is 30.3 Å². The maximum atomic E-state index is 13.3. The van der Waals surface area contributed by atoms with Gasteiger partial charge in [-0.25, -0.2) is 22.4 Å². The second kappa shape index (κ2) is 11.6. The monoisotopic (exact) mass is 640 g/mol. The van der Waals surface area contributed by atoms with Gasteiger partial charge >= 0.3 is 12.4 Å². The van der Waals surface area contributed by atoms with Gasteiger partial charge in [0.25, 0.3) is 10.0 Å². The molecule has 0 bridgehead atoms. The Hall–Kier alpha value is -4.34. The first-order valence-corrected chi connectivity index (χ1v) is 14.8. The van der Waals surface area contributed by atoms with Crippen LogP contribution in [0.15, 0.2) is 66.0 Å². The molecule has 2 aromatic carbocycles. The largest absolute Gasteiger partial charge is 0.416 e. The van der Waals surface area contributed by atoms with Gasteiger partial charge in [0.2, 0.25) is 5.91 Å². The first-order chi connectivity index (χ1) is 20.6. The highest BCUT2D eigenvalue weighted by Crippen LogP contribution is 2.37. The van der Waals surface area contributed by atoms with E-state index < -0.39 is 51.6 Å². The number of piperidine rings is 1. The molecule has 5 rings (SSSR count). The number of nitrogens with zero attached hydrogens (tertiary/aromatic N) is 4. The number of hydrogen-bond donors (Lipinski definition) is 2. The highest BCUT2D eigenvalue weighted by atomic mass is 32.2. The number of halogens is 6. The van der Waals surface area contributed by atoms with E-state index in [1.807, 2.05) is 6.92 Å². The maximum absolute atomic E-state index is 13.3. The molecule has 3 heterocycles. The fraction of sp³-hybridized carbons (Fsp3) is 0.321. The number of benzene rings is 2. The van der Waals surface area contributed by atoms with Gasteiger partial charge in [0, 0.05) is 31.0 Å².